The molecule has 3 aromatic rings. The van der Waals surface area contributed by atoms with Gasteiger partial charge in [0.15, 0.2) is 0 Å². The molecule has 2 aromatic carbocycles. The normalized spacial score (nSPS) is 11.0. The number of nitrogens with one attached hydrogen (secondary N) is 1. The molecule has 1 amide bonds. The van der Waals surface area contributed by atoms with Crippen molar-refractivity contribution in [2.24, 2.45) is 0 Å². The number of carbonyl (C=O) groups excluding carboxylic acids is 1. The lowest BCUT2D eigenvalue weighted by molar-refractivity contribution is -0.112. The van der Waals surface area contributed by atoms with Crippen LogP contribution in [0.2, 0.25) is 0 Å². The number of nitrogens with zero attached hydrogens (tertiary/aromatic N) is 2. The number of para-hydroxylation sites is 1. The van der Waals surface area contributed by atoms with E-state index in [1.54, 1.807) is 6.07 Å². The number of anilines is 1. The molecule has 0 unspecified atom stereocenters. The molecule has 0 bridgehead atoms. The van der Waals surface area contributed by atoms with Crippen LogP contribution in [0.5, 0.6) is 0 Å². The lowest BCUT2D eigenvalue weighted by Crippen LogP contribution is -2.13. The molecule has 0 aliphatic rings. The number of amides is 1. The summed E-state index contributed by atoms with van der Waals surface area (Å²) in [6.07, 6.45) is 1.50. The molecule has 6 heteroatoms. The van der Waals surface area contributed by atoms with Crippen LogP contribution < -0.4 is 5.32 Å². The van der Waals surface area contributed by atoms with Crippen molar-refractivity contribution in [3.8, 4) is 16.6 Å². The summed E-state index contributed by atoms with van der Waals surface area (Å²) in [6, 6.07) is 18.9. The number of benzene rings is 2. The van der Waals surface area contributed by atoms with E-state index in [0.717, 1.165) is 15.0 Å². The third kappa shape index (κ3) is 4.21. The van der Waals surface area contributed by atoms with Gasteiger partial charge in [0.2, 0.25) is 0 Å². The fourth-order valence-corrected chi connectivity index (χ4v) is 3.28. The van der Waals surface area contributed by atoms with Gasteiger partial charge in [0.25, 0.3) is 5.91 Å². The molecule has 0 spiro atoms. The summed E-state index contributed by atoms with van der Waals surface area (Å²) in [5.41, 5.74) is 2.20. The van der Waals surface area contributed by atoms with Gasteiger partial charge in [0, 0.05) is 15.4 Å². The van der Waals surface area contributed by atoms with Crippen molar-refractivity contribution >= 4 is 44.9 Å². The Morgan fingerprint density at radius 3 is 2.60 bits per heavy atom. The van der Waals surface area contributed by atoms with Gasteiger partial charge in [-0.15, -0.1) is 11.3 Å². The number of hydrogen-bond donors (Lipinski definition) is 1. The summed E-state index contributed by atoms with van der Waals surface area (Å²) in [4.78, 5) is 16.8. The number of carbonyl (C=O) groups is 1. The van der Waals surface area contributed by atoms with Gasteiger partial charge in [0.1, 0.15) is 16.6 Å². The maximum absolute atomic E-state index is 12.3. The van der Waals surface area contributed by atoms with E-state index in [1.807, 2.05) is 60.0 Å². The summed E-state index contributed by atoms with van der Waals surface area (Å²) in [5, 5.41) is 14.7. The predicted molar refractivity (Wildman–Crippen MR) is 104 cm³/mol. The first-order valence-electron chi connectivity index (χ1n) is 7.36. The van der Waals surface area contributed by atoms with Gasteiger partial charge in [-0.1, -0.05) is 42.5 Å². The minimum atomic E-state index is -0.469. The van der Waals surface area contributed by atoms with E-state index in [-0.39, 0.29) is 5.57 Å². The Morgan fingerprint density at radius 1 is 1.16 bits per heavy atom. The van der Waals surface area contributed by atoms with Gasteiger partial charge in [0.05, 0.1) is 11.4 Å². The molecule has 0 aliphatic heterocycles. The van der Waals surface area contributed by atoms with Crippen LogP contribution in [0.4, 0.5) is 5.69 Å². The van der Waals surface area contributed by atoms with Crippen LogP contribution in [0.15, 0.2) is 70.0 Å². The SMILES string of the molecule is N#C/C(=C\c1csc(-c2ccccc2)n1)C(=O)Nc1ccccc1Br. The minimum absolute atomic E-state index is 0.000615. The van der Waals surface area contributed by atoms with E-state index in [0.29, 0.717) is 11.4 Å². The molecule has 4 nitrogen and oxygen atoms in total. The molecule has 0 radical (unpaired) electrons. The maximum atomic E-state index is 12.3. The van der Waals surface area contributed by atoms with Crippen molar-refractivity contribution in [2.45, 2.75) is 0 Å². The quantitative estimate of drug-likeness (QED) is 0.480. The van der Waals surface area contributed by atoms with Crippen LogP contribution in [-0.2, 0) is 4.79 Å². The van der Waals surface area contributed by atoms with Gasteiger partial charge in [-0.2, -0.15) is 5.26 Å². The molecule has 0 fully saturated rings. The van der Waals surface area contributed by atoms with Crippen LogP contribution in [-0.4, -0.2) is 10.9 Å². The number of halogens is 1. The zero-order valence-corrected chi connectivity index (χ0v) is 15.3. The maximum Gasteiger partial charge on any atom is 0.266 e. The van der Waals surface area contributed by atoms with Crippen LogP contribution >= 0.6 is 27.3 Å². The first-order chi connectivity index (χ1) is 12.2. The second-order valence-electron chi connectivity index (χ2n) is 5.05. The zero-order chi connectivity index (χ0) is 17.6. The fourth-order valence-electron chi connectivity index (χ4n) is 2.11. The van der Waals surface area contributed by atoms with Crippen LogP contribution in [0, 0.1) is 11.3 Å². The van der Waals surface area contributed by atoms with E-state index >= 15 is 0 Å². The number of hydrogen-bond acceptors (Lipinski definition) is 4. The molecule has 1 heterocycles. The van der Waals surface area contributed by atoms with E-state index in [2.05, 4.69) is 26.2 Å². The van der Waals surface area contributed by atoms with E-state index in [1.165, 1.54) is 17.4 Å². The zero-order valence-electron chi connectivity index (χ0n) is 12.9. The molecule has 0 saturated heterocycles. The number of thiazole rings is 1. The summed E-state index contributed by atoms with van der Waals surface area (Å²) >= 11 is 4.83. The second-order valence-corrected chi connectivity index (χ2v) is 6.76. The standard InChI is InChI=1S/C19H12BrN3OS/c20-16-8-4-5-9-17(16)23-18(24)14(11-21)10-15-12-25-19(22-15)13-6-2-1-3-7-13/h1-10,12H,(H,23,24)/b14-10+. The Hall–Kier alpha value is -2.75. The molecule has 25 heavy (non-hydrogen) atoms. The summed E-state index contributed by atoms with van der Waals surface area (Å²) in [7, 11) is 0. The summed E-state index contributed by atoms with van der Waals surface area (Å²) in [5.74, 6) is -0.469. The molecular weight excluding hydrogens is 398 g/mol. The van der Waals surface area contributed by atoms with Crippen molar-refractivity contribution in [1.82, 2.24) is 4.98 Å². The highest BCUT2D eigenvalue weighted by molar-refractivity contribution is 9.10. The highest BCUT2D eigenvalue weighted by atomic mass is 79.9. The largest absolute Gasteiger partial charge is 0.320 e. The molecule has 0 saturated carbocycles. The topological polar surface area (TPSA) is 65.8 Å². The molecule has 0 atom stereocenters. The van der Waals surface area contributed by atoms with Gasteiger partial charge < -0.3 is 5.32 Å². The molecule has 0 aliphatic carbocycles. The van der Waals surface area contributed by atoms with Crippen LogP contribution in [0.1, 0.15) is 5.69 Å². The molecule has 1 aromatic heterocycles. The van der Waals surface area contributed by atoms with Crippen molar-refractivity contribution in [1.29, 1.82) is 5.26 Å². The Bertz CT molecular complexity index is 974. The Kier molecular flexibility index (Phi) is 5.39. The average molecular weight is 410 g/mol. The van der Waals surface area contributed by atoms with Crippen molar-refractivity contribution in [2.75, 3.05) is 5.32 Å². The highest BCUT2D eigenvalue weighted by Crippen LogP contribution is 2.25. The smallest absolute Gasteiger partial charge is 0.266 e. The van der Waals surface area contributed by atoms with Gasteiger partial charge in [-0.05, 0) is 34.1 Å². The lowest BCUT2D eigenvalue weighted by atomic mass is 10.2. The minimum Gasteiger partial charge on any atom is -0.320 e. The molecule has 1 N–H and O–H groups in total. The molecular formula is C19H12BrN3OS. The van der Waals surface area contributed by atoms with Crippen LogP contribution in [0.3, 0.4) is 0 Å². The molecule has 3 rings (SSSR count). The Morgan fingerprint density at radius 2 is 1.88 bits per heavy atom. The third-order valence-corrected chi connectivity index (χ3v) is 4.92. The van der Waals surface area contributed by atoms with Gasteiger partial charge in [-0.25, -0.2) is 4.98 Å². The average Bonchev–Trinajstić information content (AvgIpc) is 3.11. The van der Waals surface area contributed by atoms with Gasteiger partial charge in [-0.3, -0.25) is 4.79 Å². The molecule has 122 valence electrons. The third-order valence-electron chi connectivity index (χ3n) is 3.32. The Balaban J connectivity index is 1.81. The van der Waals surface area contributed by atoms with E-state index in [9.17, 15) is 10.1 Å². The number of aromatic nitrogens is 1. The van der Waals surface area contributed by atoms with Crippen molar-refractivity contribution in [3.05, 3.63) is 75.7 Å². The first-order valence-corrected chi connectivity index (χ1v) is 9.03. The van der Waals surface area contributed by atoms with Crippen molar-refractivity contribution < 1.29 is 4.79 Å². The first kappa shape index (κ1) is 17.1. The fraction of sp³-hybridized carbons (Fsp3) is 0. The highest BCUT2D eigenvalue weighted by Gasteiger charge is 2.12. The lowest BCUT2D eigenvalue weighted by Gasteiger charge is -2.05. The number of nitriles is 1. The van der Waals surface area contributed by atoms with Crippen LogP contribution in [0.25, 0.3) is 16.6 Å². The summed E-state index contributed by atoms with van der Waals surface area (Å²) < 4.78 is 0.751. The summed E-state index contributed by atoms with van der Waals surface area (Å²) in [6.45, 7) is 0. The van der Waals surface area contributed by atoms with E-state index < -0.39 is 5.91 Å². The monoisotopic (exact) mass is 409 g/mol. The Labute approximate surface area is 157 Å². The van der Waals surface area contributed by atoms with Crippen molar-refractivity contribution in [3.63, 3.8) is 0 Å². The van der Waals surface area contributed by atoms with Gasteiger partial charge >= 0.3 is 0 Å². The predicted octanol–water partition coefficient (Wildman–Crippen LogP) is 5.12. The number of rotatable bonds is 4. The second kappa shape index (κ2) is 7.88. The van der Waals surface area contributed by atoms with E-state index in [4.69, 9.17) is 0 Å².